The second-order valence-corrected chi connectivity index (χ2v) is 9.42. The Bertz CT molecular complexity index is 1090. The number of anilines is 1. The van der Waals surface area contributed by atoms with E-state index < -0.39 is 23.6 Å². The average molecular weight is 476 g/mol. The van der Waals surface area contributed by atoms with Gasteiger partial charge < -0.3 is 20.1 Å². The number of hydrogen-bond donors (Lipinski definition) is 2. The smallest absolute Gasteiger partial charge is 0.419 e. The molecule has 1 aromatic rings. The Morgan fingerprint density at radius 2 is 2.09 bits per heavy atom. The molecule has 182 valence electrons. The molecule has 34 heavy (non-hydrogen) atoms. The number of rotatable bonds is 7. The van der Waals surface area contributed by atoms with E-state index in [2.05, 4.69) is 10.3 Å². The number of alkyl halides is 3. The summed E-state index contributed by atoms with van der Waals surface area (Å²) in [5, 5.41) is 13.0. The summed E-state index contributed by atoms with van der Waals surface area (Å²) in [4.78, 5) is 17.6. The Hall–Kier alpha value is -2.97. The van der Waals surface area contributed by atoms with Crippen LogP contribution in [0.3, 0.4) is 0 Å². The van der Waals surface area contributed by atoms with E-state index in [0.29, 0.717) is 43.8 Å². The highest BCUT2D eigenvalue weighted by Gasteiger charge is 2.44. The molecule has 3 unspecified atom stereocenters. The molecule has 5 rings (SSSR count). The van der Waals surface area contributed by atoms with Gasteiger partial charge in [-0.3, -0.25) is 4.79 Å². The number of aliphatic carboxylic acids is 1. The number of hydrogen-bond acceptors (Lipinski definition) is 5. The topological polar surface area (TPSA) is 74.7 Å². The van der Waals surface area contributed by atoms with Gasteiger partial charge in [-0.2, -0.15) is 13.2 Å². The van der Waals surface area contributed by atoms with Crippen LogP contribution in [0.25, 0.3) is 0 Å². The van der Waals surface area contributed by atoms with Gasteiger partial charge in [0.05, 0.1) is 11.5 Å². The Morgan fingerprint density at radius 3 is 2.76 bits per heavy atom. The number of ether oxygens (including phenoxy) is 1. The molecule has 2 bridgehead atoms. The van der Waals surface area contributed by atoms with Crippen LogP contribution in [0.15, 0.2) is 47.0 Å². The maximum absolute atomic E-state index is 13.8. The highest BCUT2D eigenvalue weighted by atomic mass is 19.4. The molecule has 1 aromatic heterocycles. The van der Waals surface area contributed by atoms with Crippen LogP contribution in [0.5, 0.6) is 0 Å². The van der Waals surface area contributed by atoms with Crippen molar-refractivity contribution in [1.82, 2.24) is 10.3 Å². The molecule has 3 atom stereocenters. The molecule has 0 radical (unpaired) electrons. The molecule has 2 fully saturated rings. The van der Waals surface area contributed by atoms with Crippen LogP contribution in [-0.4, -0.2) is 35.7 Å². The molecule has 4 aliphatic rings. The zero-order valence-corrected chi connectivity index (χ0v) is 19.0. The maximum Gasteiger partial charge on any atom is 0.419 e. The van der Waals surface area contributed by atoms with Gasteiger partial charge in [0.2, 0.25) is 0 Å². The predicted molar refractivity (Wildman–Crippen MR) is 120 cm³/mol. The molecule has 3 heterocycles. The van der Waals surface area contributed by atoms with Crippen molar-refractivity contribution in [3.8, 4) is 0 Å². The zero-order chi connectivity index (χ0) is 24.0. The summed E-state index contributed by atoms with van der Waals surface area (Å²) in [5.41, 5.74) is 2.47. The number of fused-ring (bicyclic) bond motifs is 2. The zero-order valence-electron chi connectivity index (χ0n) is 19.0. The fraction of sp³-hybridized carbons (Fsp3) is 0.520. The highest BCUT2D eigenvalue weighted by molar-refractivity contribution is 5.71. The van der Waals surface area contributed by atoms with Crippen molar-refractivity contribution in [1.29, 1.82) is 0 Å². The van der Waals surface area contributed by atoms with Gasteiger partial charge in [0.25, 0.3) is 0 Å². The molecular weight excluding hydrogens is 447 g/mol. The molecule has 0 aromatic carbocycles. The quantitative estimate of drug-likeness (QED) is 0.598. The predicted octanol–water partition coefficient (Wildman–Crippen LogP) is 4.65. The van der Waals surface area contributed by atoms with E-state index in [0.717, 1.165) is 35.8 Å². The average Bonchev–Trinajstić information content (AvgIpc) is 3.52. The number of halogens is 3. The molecule has 9 heteroatoms. The van der Waals surface area contributed by atoms with Crippen molar-refractivity contribution in [3.63, 3.8) is 0 Å². The third-order valence-corrected chi connectivity index (χ3v) is 7.42. The lowest BCUT2D eigenvalue weighted by molar-refractivity contribution is -0.144. The van der Waals surface area contributed by atoms with Gasteiger partial charge in [-0.15, -0.1) is 0 Å². The highest BCUT2D eigenvalue weighted by Crippen LogP contribution is 2.47. The van der Waals surface area contributed by atoms with Gasteiger partial charge in [-0.05, 0) is 49.3 Å². The second kappa shape index (κ2) is 8.67. The summed E-state index contributed by atoms with van der Waals surface area (Å²) in [7, 11) is 0. The van der Waals surface area contributed by atoms with Crippen molar-refractivity contribution in [2.45, 2.75) is 45.4 Å². The number of aromatic nitrogens is 1. The Balaban J connectivity index is 1.34. The van der Waals surface area contributed by atoms with Gasteiger partial charge in [0, 0.05) is 48.6 Å². The number of nitrogens with zero attached hydrogens (tertiary/aromatic N) is 2. The first-order valence-corrected chi connectivity index (χ1v) is 11.8. The van der Waals surface area contributed by atoms with Crippen molar-refractivity contribution >= 4 is 11.8 Å². The fourth-order valence-corrected chi connectivity index (χ4v) is 5.76. The molecule has 0 amide bonds. The van der Waals surface area contributed by atoms with Crippen LogP contribution >= 0.6 is 0 Å². The molecule has 2 N–H and O–H groups in total. The van der Waals surface area contributed by atoms with Crippen molar-refractivity contribution in [2.75, 3.05) is 24.5 Å². The molecule has 6 nitrogen and oxygen atoms in total. The summed E-state index contributed by atoms with van der Waals surface area (Å²) in [6.07, 6.45) is 3.85. The van der Waals surface area contributed by atoms with E-state index in [1.54, 1.807) is 4.90 Å². The third-order valence-electron chi connectivity index (χ3n) is 7.42. The fourth-order valence-electron chi connectivity index (χ4n) is 5.76. The minimum Gasteiger partial charge on any atom is -0.488 e. The molecular formula is C25H28F3N3O3. The standard InChI is InChI=1S/C25H28F3N3O3/c1-2-16(24(32)33)19-12-29-21-17-6-5-15(10-18(19)21)22(17)34-13-14-9-20(25(26,27)28)23(30-11-14)31-7-3-4-8-31/h5-6,9,11,16,18-19,29H,2-4,7-8,10,12-13H2,1H3,(H,32,33). The lowest BCUT2D eigenvalue weighted by Gasteiger charge is -2.28. The van der Waals surface area contributed by atoms with Gasteiger partial charge >= 0.3 is 12.1 Å². The summed E-state index contributed by atoms with van der Waals surface area (Å²) < 4.78 is 47.3. The van der Waals surface area contributed by atoms with Gasteiger partial charge in [0.15, 0.2) is 0 Å². The van der Waals surface area contributed by atoms with Crippen LogP contribution in [-0.2, 0) is 22.3 Å². The first kappa shape index (κ1) is 22.8. The lowest BCUT2D eigenvalue weighted by atomic mass is 9.76. The monoisotopic (exact) mass is 475 g/mol. The number of pyridine rings is 1. The second-order valence-electron chi connectivity index (χ2n) is 9.42. The van der Waals surface area contributed by atoms with Crippen molar-refractivity contribution in [3.05, 3.63) is 58.1 Å². The Morgan fingerprint density at radius 1 is 1.32 bits per heavy atom. The Labute approximate surface area is 196 Å². The van der Waals surface area contributed by atoms with Crippen LogP contribution in [0.4, 0.5) is 19.0 Å². The maximum atomic E-state index is 13.8. The van der Waals surface area contributed by atoms with E-state index >= 15 is 0 Å². The number of carboxylic acids is 1. The van der Waals surface area contributed by atoms with Gasteiger partial charge in [-0.25, -0.2) is 4.98 Å². The third kappa shape index (κ3) is 3.95. The van der Waals surface area contributed by atoms with Crippen LogP contribution in [0.1, 0.15) is 43.7 Å². The van der Waals surface area contributed by atoms with E-state index in [-0.39, 0.29) is 24.3 Å². The first-order valence-electron chi connectivity index (χ1n) is 11.8. The summed E-state index contributed by atoms with van der Waals surface area (Å²) >= 11 is 0. The number of allylic oxidation sites excluding steroid dienone is 4. The minimum atomic E-state index is -4.49. The van der Waals surface area contributed by atoms with Crippen molar-refractivity contribution < 1.29 is 27.8 Å². The van der Waals surface area contributed by atoms with E-state index in [1.165, 1.54) is 6.20 Å². The van der Waals surface area contributed by atoms with Crippen LogP contribution in [0.2, 0.25) is 0 Å². The largest absolute Gasteiger partial charge is 0.488 e. The summed E-state index contributed by atoms with van der Waals surface area (Å²) in [5.74, 6) is -0.443. The molecule has 2 aliphatic carbocycles. The number of carboxylic acid groups (broad SMARTS) is 1. The molecule has 2 aliphatic heterocycles. The Kier molecular flexibility index (Phi) is 5.81. The van der Waals surface area contributed by atoms with E-state index in [1.807, 2.05) is 19.1 Å². The lowest BCUT2D eigenvalue weighted by Crippen LogP contribution is -2.29. The normalized spacial score (nSPS) is 24.5. The minimum absolute atomic E-state index is 0.000579. The van der Waals surface area contributed by atoms with Gasteiger partial charge in [0.1, 0.15) is 18.2 Å². The summed E-state index contributed by atoms with van der Waals surface area (Å²) in [6.45, 7) is 3.64. The SMILES string of the molecule is CCC(C(=O)O)C1CNC2=C3C=CC(=C3OCc3cnc(N4CCCC4)c(C(F)(F)F)c3)CC21. The molecule has 0 saturated carbocycles. The van der Waals surface area contributed by atoms with E-state index in [4.69, 9.17) is 4.74 Å². The number of nitrogens with one attached hydrogen (secondary N) is 1. The first-order chi connectivity index (χ1) is 16.3. The van der Waals surface area contributed by atoms with E-state index in [9.17, 15) is 23.1 Å². The van der Waals surface area contributed by atoms with Gasteiger partial charge in [-0.1, -0.05) is 13.0 Å². The molecule has 0 spiro atoms. The van der Waals surface area contributed by atoms with Crippen LogP contribution < -0.4 is 10.2 Å². The molecule has 2 saturated heterocycles. The van der Waals surface area contributed by atoms with Crippen molar-refractivity contribution in [2.24, 2.45) is 17.8 Å². The van der Waals surface area contributed by atoms with Crippen LogP contribution in [0, 0.1) is 17.8 Å². The summed E-state index contributed by atoms with van der Waals surface area (Å²) in [6, 6.07) is 1.15. The number of carbonyl (C=O) groups is 1.